The Morgan fingerprint density at radius 2 is 1.71 bits per heavy atom. The van der Waals surface area contributed by atoms with E-state index in [2.05, 4.69) is 16.7 Å². The molecule has 1 aliphatic heterocycles. The SMILES string of the molecule is N#Cc1ccc(C2CCN(C(=O)c3ccc(F)c(NC(=O)NCc4ccccc4)c3)CC2)cc1. The van der Waals surface area contributed by atoms with Crippen LogP contribution in [-0.2, 0) is 6.54 Å². The smallest absolute Gasteiger partial charge is 0.319 e. The zero-order valence-corrected chi connectivity index (χ0v) is 18.6. The first-order valence-corrected chi connectivity index (χ1v) is 11.2. The minimum atomic E-state index is -0.606. The average molecular weight is 457 g/mol. The van der Waals surface area contributed by atoms with Gasteiger partial charge < -0.3 is 15.5 Å². The second-order valence-electron chi connectivity index (χ2n) is 8.29. The number of piperidine rings is 1. The summed E-state index contributed by atoms with van der Waals surface area (Å²) in [6.07, 6.45) is 1.62. The Hall–Kier alpha value is -4.18. The molecule has 0 unspecified atom stereocenters. The number of amides is 3. The Morgan fingerprint density at radius 3 is 2.38 bits per heavy atom. The highest BCUT2D eigenvalue weighted by Gasteiger charge is 2.25. The molecule has 0 aromatic heterocycles. The van der Waals surface area contributed by atoms with Gasteiger partial charge in [-0.15, -0.1) is 0 Å². The quantitative estimate of drug-likeness (QED) is 0.564. The first kappa shape index (κ1) is 23.0. The molecule has 4 rings (SSSR count). The number of carbonyl (C=O) groups is 2. The fourth-order valence-electron chi connectivity index (χ4n) is 4.13. The monoisotopic (exact) mass is 456 g/mol. The van der Waals surface area contributed by atoms with Crippen molar-refractivity contribution < 1.29 is 14.0 Å². The van der Waals surface area contributed by atoms with Gasteiger partial charge in [0.1, 0.15) is 5.82 Å². The fraction of sp³-hybridized carbons (Fsp3) is 0.222. The fourth-order valence-corrected chi connectivity index (χ4v) is 4.13. The zero-order chi connectivity index (χ0) is 23.9. The van der Waals surface area contributed by atoms with E-state index in [9.17, 15) is 14.0 Å². The lowest BCUT2D eigenvalue weighted by molar-refractivity contribution is 0.0713. The predicted octanol–water partition coefficient (Wildman–Crippen LogP) is 5.04. The van der Waals surface area contributed by atoms with Crippen LogP contribution in [-0.4, -0.2) is 29.9 Å². The van der Waals surface area contributed by atoms with Gasteiger partial charge in [0.15, 0.2) is 0 Å². The molecule has 172 valence electrons. The number of carbonyl (C=O) groups excluding carboxylic acids is 2. The molecule has 1 aliphatic rings. The number of urea groups is 1. The summed E-state index contributed by atoms with van der Waals surface area (Å²) in [6, 6.07) is 22.6. The van der Waals surface area contributed by atoms with Gasteiger partial charge in [0, 0.05) is 25.2 Å². The van der Waals surface area contributed by atoms with Crippen molar-refractivity contribution in [2.75, 3.05) is 18.4 Å². The first-order valence-electron chi connectivity index (χ1n) is 11.2. The molecule has 3 aromatic rings. The second-order valence-corrected chi connectivity index (χ2v) is 8.29. The van der Waals surface area contributed by atoms with Crippen LogP contribution in [0.3, 0.4) is 0 Å². The van der Waals surface area contributed by atoms with E-state index in [1.54, 1.807) is 4.90 Å². The van der Waals surface area contributed by atoms with Crippen molar-refractivity contribution in [1.29, 1.82) is 5.26 Å². The van der Waals surface area contributed by atoms with E-state index >= 15 is 0 Å². The van der Waals surface area contributed by atoms with Crippen LogP contribution in [0.5, 0.6) is 0 Å². The number of benzene rings is 3. The topological polar surface area (TPSA) is 85.2 Å². The van der Waals surface area contributed by atoms with Crippen LogP contribution in [0.1, 0.15) is 45.8 Å². The highest BCUT2D eigenvalue weighted by Crippen LogP contribution is 2.29. The second kappa shape index (κ2) is 10.6. The summed E-state index contributed by atoms with van der Waals surface area (Å²) < 4.78 is 14.3. The number of nitrogens with zero attached hydrogens (tertiary/aromatic N) is 2. The van der Waals surface area contributed by atoms with Gasteiger partial charge in [0.2, 0.25) is 0 Å². The summed E-state index contributed by atoms with van der Waals surface area (Å²) in [7, 11) is 0. The molecule has 7 heteroatoms. The molecular formula is C27H25FN4O2. The van der Waals surface area contributed by atoms with Gasteiger partial charge in [-0.25, -0.2) is 9.18 Å². The molecule has 1 heterocycles. The van der Waals surface area contributed by atoms with E-state index in [-0.39, 0.29) is 11.6 Å². The lowest BCUT2D eigenvalue weighted by Crippen LogP contribution is -2.38. The molecule has 3 aromatic carbocycles. The first-order chi connectivity index (χ1) is 16.5. The highest BCUT2D eigenvalue weighted by molar-refractivity contribution is 5.97. The molecule has 0 spiro atoms. The van der Waals surface area contributed by atoms with Crippen LogP contribution in [0.25, 0.3) is 0 Å². The van der Waals surface area contributed by atoms with Gasteiger partial charge in [-0.2, -0.15) is 5.26 Å². The van der Waals surface area contributed by atoms with E-state index in [4.69, 9.17) is 5.26 Å². The van der Waals surface area contributed by atoms with Gasteiger partial charge >= 0.3 is 6.03 Å². The van der Waals surface area contributed by atoms with Crippen LogP contribution in [0, 0.1) is 17.1 Å². The van der Waals surface area contributed by atoms with Crippen molar-refractivity contribution >= 4 is 17.6 Å². The van der Waals surface area contributed by atoms with E-state index in [0.29, 0.717) is 36.7 Å². The maximum Gasteiger partial charge on any atom is 0.319 e. The summed E-state index contributed by atoms with van der Waals surface area (Å²) in [4.78, 5) is 27.0. The zero-order valence-electron chi connectivity index (χ0n) is 18.6. The number of hydrogen-bond donors (Lipinski definition) is 2. The minimum Gasteiger partial charge on any atom is -0.339 e. The standard InChI is InChI=1S/C27H25FN4O2/c28-24-11-10-23(16-25(24)31-27(34)30-18-20-4-2-1-3-5-20)26(33)32-14-12-22(13-15-32)21-8-6-19(17-29)7-9-21/h1-11,16,22H,12-15,18H2,(H2,30,31,34). The van der Waals surface area contributed by atoms with Crippen molar-refractivity contribution in [2.24, 2.45) is 0 Å². The lowest BCUT2D eigenvalue weighted by atomic mass is 9.89. The molecule has 34 heavy (non-hydrogen) atoms. The van der Waals surface area contributed by atoms with Gasteiger partial charge in [-0.1, -0.05) is 42.5 Å². The molecule has 1 fully saturated rings. The summed E-state index contributed by atoms with van der Waals surface area (Å²) in [5, 5.41) is 14.1. The van der Waals surface area contributed by atoms with E-state index in [1.807, 2.05) is 54.6 Å². The number of likely N-dealkylation sites (tertiary alicyclic amines) is 1. The van der Waals surface area contributed by atoms with Gasteiger partial charge in [0.25, 0.3) is 5.91 Å². The Balaban J connectivity index is 1.35. The maximum atomic E-state index is 14.3. The summed E-state index contributed by atoms with van der Waals surface area (Å²) in [6.45, 7) is 1.48. The van der Waals surface area contributed by atoms with E-state index in [1.165, 1.54) is 23.8 Å². The van der Waals surface area contributed by atoms with Crippen molar-refractivity contribution in [2.45, 2.75) is 25.3 Å². The number of hydrogen-bond acceptors (Lipinski definition) is 3. The molecule has 0 saturated carbocycles. The molecule has 0 aliphatic carbocycles. The van der Waals surface area contributed by atoms with Gasteiger partial charge in [-0.3, -0.25) is 4.79 Å². The number of halogens is 1. The molecule has 3 amide bonds. The molecule has 2 N–H and O–H groups in total. The lowest BCUT2D eigenvalue weighted by Gasteiger charge is -2.32. The summed E-state index contributed by atoms with van der Waals surface area (Å²) in [5.74, 6) is -0.465. The van der Waals surface area contributed by atoms with Crippen LogP contribution < -0.4 is 10.6 Å². The van der Waals surface area contributed by atoms with Crippen molar-refractivity contribution in [1.82, 2.24) is 10.2 Å². The Bertz CT molecular complexity index is 1200. The maximum absolute atomic E-state index is 14.3. The van der Waals surface area contributed by atoms with E-state index in [0.717, 1.165) is 18.4 Å². The third kappa shape index (κ3) is 5.59. The summed E-state index contributed by atoms with van der Waals surface area (Å²) >= 11 is 0. The van der Waals surface area contributed by atoms with Crippen molar-refractivity contribution in [3.05, 3.63) is 101 Å². The largest absolute Gasteiger partial charge is 0.339 e. The normalized spacial score (nSPS) is 13.7. The predicted molar refractivity (Wildman–Crippen MR) is 128 cm³/mol. The van der Waals surface area contributed by atoms with Crippen LogP contribution in [0.2, 0.25) is 0 Å². The van der Waals surface area contributed by atoms with Crippen LogP contribution >= 0.6 is 0 Å². The molecule has 0 radical (unpaired) electrons. The van der Waals surface area contributed by atoms with E-state index < -0.39 is 11.8 Å². The van der Waals surface area contributed by atoms with Crippen LogP contribution in [0.4, 0.5) is 14.9 Å². The number of nitrogens with one attached hydrogen (secondary N) is 2. The Kier molecular flexibility index (Phi) is 7.19. The van der Waals surface area contributed by atoms with Gasteiger partial charge in [-0.05, 0) is 60.2 Å². The van der Waals surface area contributed by atoms with Crippen molar-refractivity contribution in [3.8, 4) is 6.07 Å². The highest BCUT2D eigenvalue weighted by atomic mass is 19.1. The molecule has 1 saturated heterocycles. The molecule has 0 atom stereocenters. The van der Waals surface area contributed by atoms with Crippen LogP contribution in [0.15, 0.2) is 72.8 Å². The Morgan fingerprint density at radius 1 is 1.00 bits per heavy atom. The molecule has 6 nitrogen and oxygen atoms in total. The minimum absolute atomic E-state index is 0.0381. The number of anilines is 1. The molecular weight excluding hydrogens is 431 g/mol. The Labute approximate surface area is 198 Å². The average Bonchev–Trinajstić information content (AvgIpc) is 2.89. The molecule has 0 bridgehead atoms. The van der Waals surface area contributed by atoms with Crippen molar-refractivity contribution in [3.63, 3.8) is 0 Å². The van der Waals surface area contributed by atoms with Gasteiger partial charge in [0.05, 0.1) is 17.3 Å². The third-order valence-electron chi connectivity index (χ3n) is 6.05. The number of nitriles is 1. The number of rotatable bonds is 5. The summed E-state index contributed by atoms with van der Waals surface area (Å²) in [5.41, 5.74) is 3.01. The third-order valence-corrected chi connectivity index (χ3v) is 6.05.